The number of anilines is 3. The lowest BCUT2D eigenvalue weighted by molar-refractivity contribution is 1.43. The Balaban J connectivity index is 2.33. The monoisotopic (exact) mass is 358 g/mol. The molecule has 0 unspecified atom stereocenters. The fourth-order valence-electron chi connectivity index (χ4n) is 1.56. The van der Waals surface area contributed by atoms with Crippen LogP contribution >= 0.6 is 34.2 Å². The fraction of sp³-hybridized carbons (Fsp3) is 0.0769. The Kier molecular flexibility index (Phi) is 3.79. The highest BCUT2D eigenvalue weighted by Gasteiger charge is 2.04. The standard InChI is InChI=1S/C13H12ClIN2/c1-8-5-12(16)11(14)7-13(8)17-10-4-2-3-9(15)6-10/h2-7,17H,16H2,1H3. The molecule has 0 bridgehead atoms. The van der Waals surface area contributed by atoms with E-state index in [0.29, 0.717) is 10.7 Å². The summed E-state index contributed by atoms with van der Waals surface area (Å²) in [5.74, 6) is 0. The van der Waals surface area contributed by atoms with Crippen LogP contribution in [-0.2, 0) is 0 Å². The molecule has 0 spiro atoms. The second-order valence-electron chi connectivity index (χ2n) is 3.82. The number of hydrogen-bond acceptors (Lipinski definition) is 2. The van der Waals surface area contributed by atoms with Crippen molar-refractivity contribution in [1.29, 1.82) is 0 Å². The highest BCUT2D eigenvalue weighted by molar-refractivity contribution is 14.1. The first kappa shape index (κ1) is 12.5. The summed E-state index contributed by atoms with van der Waals surface area (Å²) in [6.45, 7) is 2.00. The molecule has 4 heteroatoms. The number of benzene rings is 2. The van der Waals surface area contributed by atoms with Crippen molar-refractivity contribution >= 4 is 51.3 Å². The number of halogens is 2. The van der Waals surface area contributed by atoms with Crippen LogP contribution in [-0.4, -0.2) is 0 Å². The van der Waals surface area contributed by atoms with E-state index in [-0.39, 0.29) is 0 Å². The largest absolute Gasteiger partial charge is 0.398 e. The summed E-state index contributed by atoms with van der Waals surface area (Å²) in [5, 5.41) is 3.91. The zero-order valence-electron chi connectivity index (χ0n) is 9.30. The molecule has 2 aromatic carbocycles. The zero-order valence-corrected chi connectivity index (χ0v) is 12.2. The number of nitrogen functional groups attached to an aromatic ring is 1. The van der Waals surface area contributed by atoms with Crippen LogP contribution in [0.3, 0.4) is 0 Å². The second kappa shape index (κ2) is 5.14. The number of rotatable bonds is 2. The normalized spacial score (nSPS) is 10.3. The van der Waals surface area contributed by atoms with E-state index in [2.05, 4.69) is 40.0 Å². The number of nitrogens with two attached hydrogens (primary N) is 1. The van der Waals surface area contributed by atoms with Gasteiger partial charge in [0.1, 0.15) is 0 Å². The minimum Gasteiger partial charge on any atom is -0.398 e. The lowest BCUT2D eigenvalue weighted by Gasteiger charge is -2.11. The van der Waals surface area contributed by atoms with Gasteiger partial charge in [-0.25, -0.2) is 0 Å². The van der Waals surface area contributed by atoms with Crippen molar-refractivity contribution in [3.8, 4) is 0 Å². The van der Waals surface area contributed by atoms with Crippen molar-refractivity contribution in [3.05, 3.63) is 50.6 Å². The molecule has 0 aromatic heterocycles. The van der Waals surface area contributed by atoms with Crippen molar-refractivity contribution < 1.29 is 0 Å². The molecule has 2 aromatic rings. The molecule has 3 N–H and O–H groups in total. The maximum atomic E-state index is 6.02. The van der Waals surface area contributed by atoms with Gasteiger partial charge in [-0.3, -0.25) is 0 Å². The van der Waals surface area contributed by atoms with Gasteiger partial charge in [-0.15, -0.1) is 0 Å². The topological polar surface area (TPSA) is 38.0 Å². The molecule has 0 aliphatic heterocycles. The summed E-state index contributed by atoms with van der Waals surface area (Å²) in [6.07, 6.45) is 0. The summed E-state index contributed by atoms with van der Waals surface area (Å²) < 4.78 is 1.19. The minimum atomic E-state index is 0.573. The van der Waals surface area contributed by atoms with Crippen LogP contribution < -0.4 is 11.1 Å². The molecule has 2 nitrogen and oxygen atoms in total. The third-order valence-electron chi connectivity index (χ3n) is 2.45. The summed E-state index contributed by atoms with van der Waals surface area (Å²) in [6, 6.07) is 11.9. The van der Waals surface area contributed by atoms with Crippen LogP contribution in [0.4, 0.5) is 17.1 Å². The van der Waals surface area contributed by atoms with Crippen molar-refractivity contribution in [3.63, 3.8) is 0 Å². The number of hydrogen-bond donors (Lipinski definition) is 2. The summed E-state index contributed by atoms with van der Waals surface area (Å²) >= 11 is 8.30. The molecule has 0 fully saturated rings. The fourth-order valence-corrected chi connectivity index (χ4v) is 2.27. The molecule has 0 aliphatic rings. The number of aryl methyl sites for hydroxylation is 1. The third-order valence-corrected chi connectivity index (χ3v) is 3.45. The van der Waals surface area contributed by atoms with Gasteiger partial charge in [0, 0.05) is 14.9 Å². The maximum Gasteiger partial charge on any atom is 0.0656 e. The van der Waals surface area contributed by atoms with Crippen molar-refractivity contribution in [2.45, 2.75) is 6.92 Å². The van der Waals surface area contributed by atoms with Crippen molar-refractivity contribution in [2.24, 2.45) is 0 Å². The summed E-state index contributed by atoms with van der Waals surface area (Å²) in [5.41, 5.74) is 9.45. The van der Waals surface area contributed by atoms with E-state index in [9.17, 15) is 0 Å². The third kappa shape index (κ3) is 3.04. The molecule has 0 heterocycles. The van der Waals surface area contributed by atoms with Gasteiger partial charge in [-0.2, -0.15) is 0 Å². The van der Waals surface area contributed by atoms with Gasteiger partial charge in [0.05, 0.1) is 10.7 Å². The van der Waals surface area contributed by atoms with Gasteiger partial charge in [0.15, 0.2) is 0 Å². The van der Waals surface area contributed by atoms with Gasteiger partial charge in [0.2, 0.25) is 0 Å². The van der Waals surface area contributed by atoms with Crippen molar-refractivity contribution in [1.82, 2.24) is 0 Å². The Hall–Kier alpha value is -0.940. The highest BCUT2D eigenvalue weighted by atomic mass is 127. The van der Waals surface area contributed by atoms with Gasteiger partial charge >= 0.3 is 0 Å². The van der Waals surface area contributed by atoms with Crippen LogP contribution in [0.5, 0.6) is 0 Å². The molecular formula is C13H12ClIN2. The van der Waals surface area contributed by atoms with Gasteiger partial charge in [-0.1, -0.05) is 17.7 Å². The summed E-state index contributed by atoms with van der Waals surface area (Å²) in [7, 11) is 0. The predicted molar refractivity (Wildman–Crippen MR) is 83.0 cm³/mol. The van der Waals surface area contributed by atoms with E-state index < -0.39 is 0 Å². The molecule has 0 saturated heterocycles. The van der Waals surface area contributed by atoms with Crippen LogP contribution in [0, 0.1) is 10.5 Å². The Morgan fingerprint density at radius 3 is 2.71 bits per heavy atom. The molecule has 0 radical (unpaired) electrons. The average Bonchev–Trinajstić information content (AvgIpc) is 2.26. The molecule has 17 heavy (non-hydrogen) atoms. The van der Waals surface area contributed by atoms with Crippen LogP contribution in [0.1, 0.15) is 5.56 Å². The van der Waals surface area contributed by atoms with E-state index in [1.807, 2.05) is 31.2 Å². The van der Waals surface area contributed by atoms with Gasteiger partial charge < -0.3 is 11.1 Å². The summed E-state index contributed by atoms with van der Waals surface area (Å²) in [4.78, 5) is 0. The lowest BCUT2D eigenvalue weighted by atomic mass is 10.1. The first-order valence-electron chi connectivity index (χ1n) is 5.14. The van der Waals surface area contributed by atoms with Crippen LogP contribution in [0.25, 0.3) is 0 Å². The first-order chi connectivity index (χ1) is 8.06. The first-order valence-corrected chi connectivity index (χ1v) is 6.60. The molecule has 0 atom stereocenters. The Morgan fingerprint density at radius 2 is 2.00 bits per heavy atom. The minimum absolute atomic E-state index is 0.573. The van der Waals surface area contributed by atoms with E-state index >= 15 is 0 Å². The molecule has 0 aliphatic carbocycles. The molecule has 2 rings (SSSR count). The molecule has 0 amide bonds. The lowest BCUT2D eigenvalue weighted by Crippen LogP contribution is -1.96. The molecule has 0 saturated carbocycles. The molecule has 88 valence electrons. The van der Waals surface area contributed by atoms with Crippen LogP contribution in [0.15, 0.2) is 36.4 Å². The van der Waals surface area contributed by atoms with E-state index in [1.165, 1.54) is 3.57 Å². The van der Waals surface area contributed by atoms with E-state index in [4.69, 9.17) is 17.3 Å². The molecular weight excluding hydrogens is 347 g/mol. The maximum absolute atomic E-state index is 6.02. The average molecular weight is 359 g/mol. The Morgan fingerprint density at radius 1 is 1.24 bits per heavy atom. The predicted octanol–water partition coefficient (Wildman–Crippen LogP) is 4.58. The number of nitrogens with one attached hydrogen (secondary N) is 1. The van der Waals surface area contributed by atoms with E-state index in [0.717, 1.165) is 16.9 Å². The van der Waals surface area contributed by atoms with Gasteiger partial charge in [0.25, 0.3) is 0 Å². The second-order valence-corrected chi connectivity index (χ2v) is 5.48. The van der Waals surface area contributed by atoms with Crippen LogP contribution in [0.2, 0.25) is 5.02 Å². The SMILES string of the molecule is Cc1cc(N)c(Cl)cc1Nc1cccc(I)c1. The highest BCUT2D eigenvalue weighted by Crippen LogP contribution is 2.29. The Labute approximate surface area is 119 Å². The van der Waals surface area contributed by atoms with Gasteiger partial charge in [-0.05, 0) is 65.4 Å². The zero-order chi connectivity index (χ0) is 12.4. The van der Waals surface area contributed by atoms with E-state index in [1.54, 1.807) is 0 Å². The Bertz CT molecular complexity index is 555. The smallest absolute Gasteiger partial charge is 0.0656 e. The van der Waals surface area contributed by atoms with Crippen molar-refractivity contribution in [2.75, 3.05) is 11.1 Å². The quantitative estimate of drug-likeness (QED) is 0.609.